The molecule has 138 valence electrons. The van der Waals surface area contributed by atoms with E-state index in [0.717, 1.165) is 18.5 Å². The van der Waals surface area contributed by atoms with Crippen molar-refractivity contribution in [3.05, 3.63) is 68.7 Å². The minimum atomic E-state index is 0.286. The summed E-state index contributed by atoms with van der Waals surface area (Å²) in [7, 11) is 3.69. The summed E-state index contributed by atoms with van der Waals surface area (Å²) in [6.45, 7) is 0. The van der Waals surface area contributed by atoms with Crippen LogP contribution in [0.4, 0.5) is 11.4 Å². The van der Waals surface area contributed by atoms with Gasteiger partial charge < -0.3 is 9.80 Å². The van der Waals surface area contributed by atoms with Crippen molar-refractivity contribution >= 4 is 62.9 Å². The lowest BCUT2D eigenvalue weighted by atomic mass is 10.0. The van der Waals surface area contributed by atoms with E-state index in [1.165, 1.54) is 21.9 Å². The number of aryl methyl sites for hydroxylation is 2. The maximum atomic E-state index is 8.71. The fourth-order valence-corrected chi connectivity index (χ4v) is 4.41. The third kappa shape index (κ3) is 2.94. The molecule has 1 N–H and O–H groups in total. The van der Waals surface area contributed by atoms with Crippen LogP contribution in [-0.2, 0) is 12.8 Å². The molecular formula is C21H18Cl3N3. The highest BCUT2D eigenvalue weighted by Gasteiger charge is 2.22. The molecule has 0 aliphatic heterocycles. The van der Waals surface area contributed by atoms with Crippen LogP contribution in [0.25, 0.3) is 10.8 Å². The van der Waals surface area contributed by atoms with Crippen LogP contribution in [0, 0.1) is 5.41 Å². The van der Waals surface area contributed by atoms with Crippen LogP contribution in [0.5, 0.6) is 0 Å². The molecule has 0 bridgehead atoms. The molecule has 0 saturated heterocycles. The monoisotopic (exact) mass is 417 g/mol. The van der Waals surface area contributed by atoms with E-state index in [9.17, 15) is 0 Å². The highest BCUT2D eigenvalue weighted by Crippen LogP contribution is 2.39. The van der Waals surface area contributed by atoms with Crippen LogP contribution in [0.2, 0.25) is 15.1 Å². The van der Waals surface area contributed by atoms with Crippen molar-refractivity contribution in [1.29, 1.82) is 5.41 Å². The van der Waals surface area contributed by atoms with Crippen LogP contribution < -0.4 is 9.80 Å². The van der Waals surface area contributed by atoms with E-state index in [4.69, 9.17) is 40.2 Å². The van der Waals surface area contributed by atoms with Gasteiger partial charge in [0, 0.05) is 19.5 Å². The maximum absolute atomic E-state index is 8.71. The lowest BCUT2D eigenvalue weighted by Crippen LogP contribution is -2.40. The van der Waals surface area contributed by atoms with E-state index >= 15 is 0 Å². The summed E-state index contributed by atoms with van der Waals surface area (Å²) < 4.78 is 0. The first-order valence-electron chi connectivity index (χ1n) is 8.63. The van der Waals surface area contributed by atoms with Gasteiger partial charge in [-0.1, -0.05) is 59.1 Å². The average molecular weight is 419 g/mol. The molecule has 0 amide bonds. The summed E-state index contributed by atoms with van der Waals surface area (Å²) in [6.07, 6.45) is 2.16. The molecule has 1 aliphatic carbocycles. The Morgan fingerprint density at radius 3 is 2.19 bits per heavy atom. The Balaban J connectivity index is 1.74. The topological polar surface area (TPSA) is 30.3 Å². The van der Waals surface area contributed by atoms with Crippen molar-refractivity contribution in [1.82, 2.24) is 0 Å². The first kappa shape index (κ1) is 18.4. The van der Waals surface area contributed by atoms with Crippen LogP contribution in [-0.4, -0.2) is 20.1 Å². The number of guanidine groups is 1. The number of nitrogens with zero attached hydrogens (tertiary/aromatic N) is 2. The van der Waals surface area contributed by atoms with Gasteiger partial charge in [-0.15, -0.1) is 0 Å². The molecule has 0 heterocycles. The Hall–Kier alpha value is -1.94. The molecule has 27 heavy (non-hydrogen) atoms. The van der Waals surface area contributed by atoms with Crippen molar-refractivity contribution in [2.75, 3.05) is 23.9 Å². The van der Waals surface area contributed by atoms with Crippen LogP contribution in [0.15, 0.2) is 42.5 Å². The number of nitrogens with one attached hydrogen (secondary N) is 1. The zero-order valence-corrected chi connectivity index (χ0v) is 17.3. The summed E-state index contributed by atoms with van der Waals surface area (Å²) in [5, 5.41) is 12.2. The summed E-state index contributed by atoms with van der Waals surface area (Å²) in [5.74, 6) is 0.286. The number of rotatable bonds is 2. The minimum Gasteiger partial charge on any atom is -0.315 e. The SMILES string of the molecule is CN(C(=N)N(C)c1ccc2c3c(cccc13)CC2)c1ccc(Cl)c(Cl)c1Cl. The molecular weight excluding hydrogens is 401 g/mol. The normalized spacial score (nSPS) is 12.5. The standard InChI is InChI=1S/C21H18Cl3N3/c1-26(21(25)27(2)17-11-9-15(22)19(23)20(17)24)16-10-8-13-7-6-12-4-3-5-14(16)18(12)13/h3-5,8-11,25H,6-7H2,1-2H3. The molecule has 3 aromatic carbocycles. The van der Waals surface area contributed by atoms with Crippen molar-refractivity contribution in [3.8, 4) is 0 Å². The Kier molecular flexibility index (Phi) is 4.71. The molecule has 0 aromatic heterocycles. The van der Waals surface area contributed by atoms with Gasteiger partial charge in [-0.3, -0.25) is 5.41 Å². The second-order valence-corrected chi connectivity index (χ2v) is 7.88. The molecule has 3 nitrogen and oxygen atoms in total. The molecule has 0 unspecified atom stereocenters. The predicted molar refractivity (Wildman–Crippen MR) is 117 cm³/mol. The quantitative estimate of drug-likeness (QED) is 0.296. The Bertz CT molecular complexity index is 1070. The number of hydrogen-bond acceptors (Lipinski definition) is 1. The molecule has 0 spiro atoms. The van der Waals surface area contributed by atoms with Crippen molar-refractivity contribution in [2.24, 2.45) is 0 Å². The van der Waals surface area contributed by atoms with Gasteiger partial charge in [0.25, 0.3) is 0 Å². The third-order valence-corrected chi connectivity index (χ3v) is 6.51. The van der Waals surface area contributed by atoms with E-state index in [2.05, 4.69) is 30.3 Å². The van der Waals surface area contributed by atoms with E-state index in [1.54, 1.807) is 24.1 Å². The molecule has 4 rings (SSSR count). The Morgan fingerprint density at radius 2 is 1.44 bits per heavy atom. The molecule has 0 atom stereocenters. The van der Waals surface area contributed by atoms with Gasteiger partial charge in [-0.05, 0) is 47.6 Å². The Labute approximate surface area is 173 Å². The highest BCUT2D eigenvalue weighted by atomic mass is 35.5. The summed E-state index contributed by atoms with van der Waals surface area (Å²) >= 11 is 18.6. The van der Waals surface area contributed by atoms with Crippen molar-refractivity contribution < 1.29 is 0 Å². The zero-order valence-electron chi connectivity index (χ0n) is 15.0. The minimum absolute atomic E-state index is 0.286. The summed E-state index contributed by atoms with van der Waals surface area (Å²) in [5.41, 5.74) is 4.38. The number of halogens is 3. The van der Waals surface area contributed by atoms with E-state index < -0.39 is 0 Å². The largest absolute Gasteiger partial charge is 0.315 e. The Morgan fingerprint density at radius 1 is 0.815 bits per heavy atom. The van der Waals surface area contributed by atoms with Gasteiger partial charge in [0.2, 0.25) is 5.96 Å². The lowest BCUT2D eigenvalue weighted by molar-refractivity contribution is 1.02. The van der Waals surface area contributed by atoms with Gasteiger partial charge in [-0.25, -0.2) is 0 Å². The van der Waals surface area contributed by atoms with E-state index in [-0.39, 0.29) is 5.96 Å². The molecule has 6 heteroatoms. The third-order valence-electron chi connectivity index (χ3n) is 5.23. The predicted octanol–water partition coefficient (Wildman–Crippen LogP) is 6.41. The fraction of sp³-hybridized carbons (Fsp3) is 0.190. The van der Waals surface area contributed by atoms with Gasteiger partial charge in [-0.2, -0.15) is 0 Å². The van der Waals surface area contributed by atoms with Crippen LogP contribution in [0.1, 0.15) is 11.1 Å². The second-order valence-electron chi connectivity index (χ2n) is 6.72. The van der Waals surface area contributed by atoms with Crippen LogP contribution >= 0.6 is 34.8 Å². The zero-order chi connectivity index (χ0) is 19.3. The van der Waals surface area contributed by atoms with Gasteiger partial charge in [0.15, 0.2) is 0 Å². The van der Waals surface area contributed by atoms with E-state index in [1.807, 2.05) is 11.9 Å². The van der Waals surface area contributed by atoms with Crippen molar-refractivity contribution in [2.45, 2.75) is 12.8 Å². The van der Waals surface area contributed by atoms with Gasteiger partial charge in [0.1, 0.15) is 0 Å². The van der Waals surface area contributed by atoms with Crippen LogP contribution in [0.3, 0.4) is 0 Å². The second kappa shape index (κ2) is 6.90. The fourth-order valence-electron chi connectivity index (χ4n) is 3.75. The van der Waals surface area contributed by atoms with Gasteiger partial charge >= 0.3 is 0 Å². The van der Waals surface area contributed by atoms with E-state index in [0.29, 0.717) is 20.8 Å². The molecule has 0 saturated carbocycles. The van der Waals surface area contributed by atoms with Gasteiger partial charge in [0.05, 0.1) is 26.4 Å². The highest BCUT2D eigenvalue weighted by molar-refractivity contribution is 6.49. The molecule has 0 radical (unpaired) electrons. The number of anilines is 2. The number of hydrogen-bond donors (Lipinski definition) is 1. The lowest BCUT2D eigenvalue weighted by Gasteiger charge is -2.30. The molecule has 1 aliphatic rings. The first-order valence-corrected chi connectivity index (χ1v) is 9.76. The first-order chi connectivity index (χ1) is 12.9. The number of benzene rings is 3. The average Bonchev–Trinajstić information content (AvgIpc) is 3.10. The summed E-state index contributed by atoms with van der Waals surface area (Å²) in [6, 6.07) is 14.1. The molecule has 3 aromatic rings. The maximum Gasteiger partial charge on any atom is 0.202 e. The molecule has 0 fully saturated rings. The van der Waals surface area contributed by atoms with Crippen molar-refractivity contribution in [3.63, 3.8) is 0 Å². The summed E-state index contributed by atoms with van der Waals surface area (Å²) in [4.78, 5) is 3.56. The smallest absolute Gasteiger partial charge is 0.202 e.